The lowest BCUT2D eigenvalue weighted by Crippen LogP contribution is -2.22. The molecule has 2 nitrogen and oxygen atoms in total. The Morgan fingerprint density at radius 3 is 3.07 bits per heavy atom. The van der Waals surface area contributed by atoms with Crippen LogP contribution in [0.4, 0.5) is 0 Å². The SMILES string of the molecule is Cc1ccc(CC(Cl)C2CCCO2)nc1. The summed E-state index contributed by atoms with van der Waals surface area (Å²) in [6.07, 6.45) is 5.12. The lowest BCUT2D eigenvalue weighted by molar-refractivity contribution is 0.107. The third kappa shape index (κ3) is 2.93. The fourth-order valence-corrected chi connectivity index (χ4v) is 2.20. The fourth-order valence-electron chi connectivity index (χ4n) is 1.84. The minimum atomic E-state index is 0.0581. The molecule has 15 heavy (non-hydrogen) atoms. The van der Waals surface area contributed by atoms with E-state index in [0.717, 1.165) is 31.6 Å². The van der Waals surface area contributed by atoms with Gasteiger partial charge >= 0.3 is 0 Å². The van der Waals surface area contributed by atoms with E-state index in [1.807, 2.05) is 19.2 Å². The number of alkyl halides is 1. The van der Waals surface area contributed by atoms with Crippen LogP contribution in [-0.2, 0) is 11.2 Å². The van der Waals surface area contributed by atoms with Crippen molar-refractivity contribution in [2.45, 2.75) is 37.7 Å². The Morgan fingerprint density at radius 1 is 1.60 bits per heavy atom. The number of halogens is 1. The Kier molecular flexibility index (Phi) is 3.60. The number of nitrogens with zero attached hydrogens (tertiary/aromatic N) is 1. The molecule has 0 aliphatic carbocycles. The summed E-state index contributed by atoms with van der Waals surface area (Å²) in [5, 5.41) is 0.0581. The Bertz CT molecular complexity index is 306. The molecule has 0 N–H and O–H groups in total. The third-order valence-electron chi connectivity index (χ3n) is 2.75. The average Bonchev–Trinajstić information content (AvgIpc) is 2.74. The van der Waals surface area contributed by atoms with Crippen LogP contribution in [0, 0.1) is 6.92 Å². The Morgan fingerprint density at radius 2 is 2.47 bits per heavy atom. The molecule has 82 valence electrons. The zero-order valence-corrected chi connectivity index (χ0v) is 9.70. The molecule has 1 aromatic heterocycles. The van der Waals surface area contributed by atoms with Gasteiger partial charge in [-0.15, -0.1) is 11.6 Å². The van der Waals surface area contributed by atoms with Gasteiger partial charge in [-0.05, 0) is 31.4 Å². The van der Waals surface area contributed by atoms with Gasteiger partial charge in [0.2, 0.25) is 0 Å². The highest BCUT2D eigenvalue weighted by Crippen LogP contribution is 2.22. The minimum absolute atomic E-state index is 0.0581. The van der Waals surface area contributed by atoms with Gasteiger partial charge in [-0.25, -0.2) is 0 Å². The maximum Gasteiger partial charge on any atom is 0.0743 e. The first-order valence-electron chi connectivity index (χ1n) is 5.43. The number of aromatic nitrogens is 1. The van der Waals surface area contributed by atoms with Gasteiger partial charge in [0.25, 0.3) is 0 Å². The maximum atomic E-state index is 6.30. The van der Waals surface area contributed by atoms with Crippen molar-refractivity contribution in [1.29, 1.82) is 0 Å². The molecule has 1 aliphatic heterocycles. The molecule has 2 rings (SSSR count). The van der Waals surface area contributed by atoms with E-state index in [1.54, 1.807) is 0 Å². The van der Waals surface area contributed by atoms with Crippen molar-refractivity contribution in [3.8, 4) is 0 Å². The normalized spacial score (nSPS) is 22.9. The van der Waals surface area contributed by atoms with E-state index in [1.165, 1.54) is 5.56 Å². The summed E-state index contributed by atoms with van der Waals surface area (Å²) in [5.41, 5.74) is 2.23. The number of pyridine rings is 1. The van der Waals surface area contributed by atoms with Gasteiger partial charge in [-0.3, -0.25) is 4.98 Å². The van der Waals surface area contributed by atoms with Gasteiger partial charge < -0.3 is 4.74 Å². The monoisotopic (exact) mass is 225 g/mol. The number of hydrogen-bond acceptors (Lipinski definition) is 2. The summed E-state index contributed by atoms with van der Waals surface area (Å²) in [6, 6.07) is 4.11. The Balaban J connectivity index is 1.92. The molecule has 1 saturated heterocycles. The van der Waals surface area contributed by atoms with Crippen LogP contribution in [0.25, 0.3) is 0 Å². The summed E-state index contributed by atoms with van der Waals surface area (Å²) >= 11 is 6.30. The largest absolute Gasteiger partial charge is 0.377 e. The van der Waals surface area contributed by atoms with E-state index in [0.29, 0.717) is 0 Å². The number of ether oxygens (including phenoxy) is 1. The fraction of sp³-hybridized carbons (Fsp3) is 0.583. The highest BCUT2D eigenvalue weighted by atomic mass is 35.5. The highest BCUT2D eigenvalue weighted by molar-refractivity contribution is 6.21. The van der Waals surface area contributed by atoms with Crippen LogP contribution in [0.1, 0.15) is 24.1 Å². The van der Waals surface area contributed by atoms with Crippen molar-refractivity contribution in [2.24, 2.45) is 0 Å². The second kappa shape index (κ2) is 4.95. The van der Waals surface area contributed by atoms with Gasteiger partial charge in [0.05, 0.1) is 11.5 Å². The molecule has 0 aromatic carbocycles. The van der Waals surface area contributed by atoms with Gasteiger partial charge in [0.1, 0.15) is 0 Å². The topological polar surface area (TPSA) is 22.1 Å². The molecule has 3 heteroatoms. The maximum absolute atomic E-state index is 6.30. The van der Waals surface area contributed by atoms with Crippen LogP contribution in [0.3, 0.4) is 0 Å². The van der Waals surface area contributed by atoms with E-state index in [4.69, 9.17) is 16.3 Å². The first-order chi connectivity index (χ1) is 7.25. The van der Waals surface area contributed by atoms with Crippen LogP contribution in [-0.4, -0.2) is 23.1 Å². The van der Waals surface area contributed by atoms with Crippen LogP contribution >= 0.6 is 11.6 Å². The van der Waals surface area contributed by atoms with E-state index in [-0.39, 0.29) is 11.5 Å². The van der Waals surface area contributed by atoms with E-state index in [2.05, 4.69) is 11.1 Å². The average molecular weight is 226 g/mol. The summed E-state index contributed by atoms with van der Waals surface area (Å²) in [4.78, 5) is 4.35. The van der Waals surface area contributed by atoms with Crippen LogP contribution < -0.4 is 0 Å². The second-order valence-electron chi connectivity index (χ2n) is 4.10. The van der Waals surface area contributed by atoms with Crippen molar-refractivity contribution in [3.05, 3.63) is 29.6 Å². The molecule has 0 spiro atoms. The first-order valence-corrected chi connectivity index (χ1v) is 5.86. The van der Waals surface area contributed by atoms with E-state index in [9.17, 15) is 0 Å². The molecular formula is C12H16ClNO. The van der Waals surface area contributed by atoms with Crippen LogP contribution in [0.15, 0.2) is 18.3 Å². The smallest absolute Gasteiger partial charge is 0.0743 e. The number of rotatable bonds is 3. The zero-order chi connectivity index (χ0) is 10.7. The van der Waals surface area contributed by atoms with Crippen molar-refractivity contribution < 1.29 is 4.74 Å². The minimum Gasteiger partial charge on any atom is -0.377 e. The molecule has 1 aromatic rings. The van der Waals surface area contributed by atoms with Gasteiger partial charge in [0, 0.05) is 24.9 Å². The molecule has 0 bridgehead atoms. The lowest BCUT2D eigenvalue weighted by Gasteiger charge is -2.15. The first kappa shape index (κ1) is 10.9. The summed E-state index contributed by atoms with van der Waals surface area (Å²) in [6.45, 7) is 2.89. The standard InChI is InChI=1S/C12H16ClNO/c1-9-4-5-10(14-8-9)7-11(13)12-3-2-6-15-12/h4-5,8,11-12H,2-3,6-7H2,1H3. The van der Waals surface area contributed by atoms with Crippen LogP contribution in [0.2, 0.25) is 0 Å². The molecule has 1 aliphatic rings. The third-order valence-corrected chi connectivity index (χ3v) is 3.18. The predicted molar refractivity (Wildman–Crippen MR) is 61.3 cm³/mol. The summed E-state index contributed by atoms with van der Waals surface area (Å²) < 4.78 is 5.55. The molecule has 2 atom stereocenters. The van der Waals surface area contributed by atoms with E-state index < -0.39 is 0 Å². The molecule has 2 heterocycles. The lowest BCUT2D eigenvalue weighted by atomic mass is 10.1. The molecule has 0 amide bonds. The Labute approximate surface area is 95.6 Å². The predicted octanol–water partition coefficient (Wildman–Crippen LogP) is 2.72. The quantitative estimate of drug-likeness (QED) is 0.738. The summed E-state index contributed by atoms with van der Waals surface area (Å²) in [5.74, 6) is 0. The van der Waals surface area contributed by atoms with E-state index >= 15 is 0 Å². The van der Waals surface area contributed by atoms with Crippen molar-refractivity contribution >= 4 is 11.6 Å². The molecule has 0 radical (unpaired) electrons. The molecule has 2 unspecified atom stereocenters. The number of aryl methyl sites for hydroxylation is 1. The van der Waals surface area contributed by atoms with Gasteiger partial charge in [-0.2, -0.15) is 0 Å². The second-order valence-corrected chi connectivity index (χ2v) is 4.66. The van der Waals surface area contributed by atoms with Crippen molar-refractivity contribution in [3.63, 3.8) is 0 Å². The zero-order valence-electron chi connectivity index (χ0n) is 8.95. The molecule has 1 fully saturated rings. The molecule has 0 saturated carbocycles. The van der Waals surface area contributed by atoms with Gasteiger partial charge in [-0.1, -0.05) is 6.07 Å². The van der Waals surface area contributed by atoms with Gasteiger partial charge in [0.15, 0.2) is 0 Å². The number of hydrogen-bond donors (Lipinski definition) is 0. The van der Waals surface area contributed by atoms with Crippen molar-refractivity contribution in [1.82, 2.24) is 4.98 Å². The van der Waals surface area contributed by atoms with Crippen LogP contribution in [0.5, 0.6) is 0 Å². The highest BCUT2D eigenvalue weighted by Gasteiger charge is 2.24. The molecular weight excluding hydrogens is 210 g/mol. The Hall–Kier alpha value is -0.600. The van der Waals surface area contributed by atoms with Crippen molar-refractivity contribution in [2.75, 3.05) is 6.61 Å². The summed E-state index contributed by atoms with van der Waals surface area (Å²) in [7, 11) is 0.